The molecule has 0 aliphatic carbocycles. The number of nitrogens with zero attached hydrogens (tertiary/aromatic N) is 1. The summed E-state index contributed by atoms with van der Waals surface area (Å²) in [6, 6.07) is 3.53. The number of hydrogen-bond donors (Lipinski definition) is 1. The molecule has 2 rings (SSSR count). The number of sulfonamides is 1. The summed E-state index contributed by atoms with van der Waals surface area (Å²) in [7, 11) is -3.73. The molecule has 23 heavy (non-hydrogen) atoms. The number of alkyl halides is 2. The molecule has 132 valence electrons. The lowest BCUT2D eigenvalue weighted by Gasteiger charge is -2.35. The van der Waals surface area contributed by atoms with E-state index in [1.54, 1.807) is 0 Å². The molecule has 5 nitrogen and oxygen atoms in total. The van der Waals surface area contributed by atoms with E-state index in [1.807, 2.05) is 13.8 Å². The molecule has 1 heterocycles. The molecule has 0 spiro atoms. The zero-order valence-corrected chi connectivity index (χ0v) is 14.9. The van der Waals surface area contributed by atoms with Crippen LogP contribution < -0.4 is 10.1 Å². The fraction of sp³-hybridized carbons (Fsp3) is 0.538. The largest absolute Gasteiger partial charge is 0.433 e. The minimum Gasteiger partial charge on any atom is -0.433 e. The maximum Gasteiger partial charge on any atom is 0.387 e. The predicted molar refractivity (Wildman–Crippen MR) is 86.2 cm³/mol. The van der Waals surface area contributed by atoms with Crippen LogP contribution in [0.3, 0.4) is 0 Å². The van der Waals surface area contributed by atoms with Crippen molar-refractivity contribution in [3.63, 3.8) is 0 Å². The van der Waals surface area contributed by atoms with Crippen molar-refractivity contribution >= 4 is 34.0 Å². The molecule has 1 saturated heterocycles. The zero-order valence-electron chi connectivity index (χ0n) is 12.5. The first-order valence-corrected chi connectivity index (χ1v) is 8.52. The van der Waals surface area contributed by atoms with E-state index in [-0.39, 0.29) is 40.2 Å². The van der Waals surface area contributed by atoms with E-state index < -0.39 is 16.6 Å². The van der Waals surface area contributed by atoms with Crippen molar-refractivity contribution < 1.29 is 21.9 Å². The number of nitrogens with one attached hydrogen (secondary N) is 1. The molecule has 0 aromatic heterocycles. The third-order valence-electron chi connectivity index (χ3n) is 3.28. The summed E-state index contributed by atoms with van der Waals surface area (Å²) in [4.78, 5) is -0.0413. The Morgan fingerprint density at radius 3 is 2.35 bits per heavy atom. The van der Waals surface area contributed by atoms with Crippen LogP contribution in [-0.4, -0.2) is 44.5 Å². The van der Waals surface area contributed by atoms with Crippen LogP contribution in [0.15, 0.2) is 23.1 Å². The SMILES string of the molecule is CC1CN(S(=O)(=O)c2ccc(OC(F)F)c(Cl)c2)CC(C)N1.Cl. The summed E-state index contributed by atoms with van der Waals surface area (Å²) in [5.74, 6) is -0.252. The molecule has 1 aromatic rings. The zero-order chi connectivity index (χ0) is 16.5. The Balaban J connectivity index is 0.00000264. The van der Waals surface area contributed by atoms with E-state index in [2.05, 4.69) is 10.1 Å². The lowest BCUT2D eigenvalue weighted by atomic mass is 10.2. The van der Waals surface area contributed by atoms with Gasteiger partial charge in [0, 0.05) is 25.2 Å². The Kier molecular flexibility index (Phi) is 7.03. The van der Waals surface area contributed by atoms with Crippen molar-refractivity contribution in [1.82, 2.24) is 9.62 Å². The normalized spacial score (nSPS) is 22.7. The Labute approximate surface area is 145 Å². The number of benzene rings is 1. The molecule has 0 radical (unpaired) electrons. The highest BCUT2D eigenvalue weighted by Gasteiger charge is 2.31. The maximum absolute atomic E-state index is 12.6. The molecule has 1 aliphatic heterocycles. The monoisotopic (exact) mass is 390 g/mol. The molecule has 1 N–H and O–H groups in total. The molecule has 1 aliphatic rings. The molecule has 0 amide bonds. The third-order valence-corrected chi connectivity index (χ3v) is 5.40. The average molecular weight is 391 g/mol. The number of piperazine rings is 1. The Morgan fingerprint density at radius 2 is 1.87 bits per heavy atom. The summed E-state index contributed by atoms with van der Waals surface area (Å²) in [6.07, 6.45) is 0. The maximum atomic E-state index is 12.6. The van der Waals surface area contributed by atoms with Crippen LogP contribution >= 0.6 is 24.0 Å². The first-order valence-electron chi connectivity index (χ1n) is 6.70. The van der Waals surface area contributed by atoms with Gasteiger partial charge in [-0.25, -0.2) is 8.42 Å². The van der Waals surface area contributed by atoms with Gasteiger partial charge < -0.3 is 10.1 Å². The highest BCUT2D eigenvalue weighted by atomic mass is 35.5. The van der Waals surface area contributed by atoms with Crippen molar-refractivity contribution in [1.29, 1.82) is 0 Å². The van der Waals surface area contributed by atoms with Gasteiger partial charge in [0.2, 0.25) is 10.0 Å². The van der Waals surface area contributed by atoms with E-state index in [0.29, 0.717) is 13.1 Å². The molecule has 2 atom stereocenters. The molecular weight excluding hydrogens is 373 g/mol. The minimum atomic E-state index is -3.73. The van der Waals surface area contributed by atoms with Crippen molar-refractivity contribution in [3.8, 4) is 5.75 Å². The van der Waals surface area contributed by atoms with Crippen LogP contribution in [0.1, 0.15) is 13.8 Å². The van der Waals surface area contributed by atoms with Crippen LogP contribution in [0, 0.1) is 0 Å². The van der Waals surface area contributed by atoms with Gasteiger partial charge in [0.05, 0.1) is 9.92 Å². The first kappa shape index (κ1) is 20.4. The van der Waals surface area contributed by atoms with Gasteiger partial charge >= 0.3 is 6.61 Å². The summed E-state index contributed by atoms with van der Waals surface area (Å²) < 4.78 is 55.2. The van der Waals surface area contributed by atoms with Crippen LogP contribution in [0.2, 0.25) is 5.02 Å². The number of rotatable bonds is 4. The predicted octanol–water partition coefficient (Wildman–Crippen LogP) is 2.73. The fourth-order valence-electron chi connectivity index (χ4n) is 2.46. The van der Waals surface area contributed by atoms with Gasteiger partial charge in [-0.1, -0.05) is 11.6 Å². The van der Waals surface area contributed by atoms with E-state index in [0.717, 1.165) is 12.1 Å². The molecular formula is C13H18Cl2F2N2O3S. The fourth-order valence-corrected chi connectivity index (χ4v) is 4.39. The summed E-state index contributed by atoms with van der Waals surface area (Å²) in [5, 5.41) is 3.07. The van der Waals surface area contributed by atoms with E-state index in [1.165, 1.54) is 10.4 Å². The van der Waals surface area contributed by atoms with Gasteiger partial charge in [-0.05, 0) is 32.0 Å². The number of hydrogen-bond acceptors (Lipinski definition) is 4. The van der Waals surface area contributed by atoms with E-state index in [9.17, 15) is 17.2 Å². The second-order valence-corrected chi connectivity index (χ2v) is 7.61. The van der Waals surface area contributed by atoms with Crippen molar-refractivity contribution in [2.75, 3.05) is 13.1 Å². The van der Waals surface area contributed by atoms with Crippen LogP contribution in [0.25, 0.3) is 0 Å². The van der Waals surface area contributed by atoms with Gasteiger partial charge in [0.15, 0.2) is 0 Å². The van der Waals surface area contributed by atoms with Crippen LogP contribution in [0.4, 0.5) is 8.78 Å². The Morgan fingerprint density at radius 1 is 1.30 bits per heavy atom. The van der Waals surface area contributed by atoms with Crippen molar-refractivity contribution in [2.24, 2.45) is 0 Å². The first-order chi connectivity index (χ1) is 10.2. The van der Waals surface area contributed by atoms with Gasteiger partial charge in [-0.2, -0.15) is 13.1 Å². The van der Waals surface area contributed by atoms with Gasteiger partial charge in [0.25, 0.3) is 0 Å². The highest BCUT2D eigenvalue weighted by molar-refractivity contribution is 7.89. The summed E-state index contributed by atoms with van der Waals surface area (Å²) >= 11 is 5.82. The lowest BCUT2D eigenvalue weighted by molar-refractivity contribution is -0.0498. The van der Waals surface area contributed by atoms with Crippen LogP contribution in [0.5, 0.6) is 5.75 Å². The van der Waals surface area contributed by atoms with Crippen molar-refractivity contribution in [2.45, 2.75) is 37.4 Å². The lowest BCUT2D eigenvalue weighted by Crippen LogP contribution is -2.55. The summed E-state index contributed by atoms with van der Waals surface area (Å²) in [6.45, 7) is 1.43. The average Bonchev–Trinajstić information content (AvgIpc) is 2.39. The van der Waals surface area contributed by atoms with Crippen LogP contribution in [-0.2, 0) is 10.0 Å². The van der Waals surface area contributed by atoms with Gasteiger partial charge in [-0.15, -0.1) is 12.4 Å². The number of halogens is 4. The Hall–Kier alpha value is -0.670. The molecule has 0 bridgehead atoms. The quantitative estimate of drug-likeness (QED) is 0.858. The van der Waals surface area contributed by atoms with Gasteiger partial charge in [0.1, 0.15) is 5.75 Å². The molecule has 2 unspecified atom stereocenters. The highest BCUT2D eigenvalue weighted by Crippen LogP contribution is 2.30. The second kappa shape index (κ2) is 7.94. The van der Waals surface area contributed by atoms with E-state index >= 15 is 0 Å². The third kappa shape index (κ3) is 4.90. The molecule has 1 aromatic carbocycles. The topological polar surface area (TPSA) is 58.6 Å². The smallest absolute Gasteiger partial charge is 0.387 e. The van der Waals surface area contributed by atoms with E-state index in [4.69, 9.17) is 11.6 Å². The number of ether oxygens (including phenoxy) is 1. The van der Waals surface area contributed by atoms with Gasteiger partial charge in [-0.3, -0.25) is 0 Å². The molecule has 10 heteroatoms. The molecule has 1 fully saturated rings. The second-order valence-electron chi connectivity index (χ2n) is 5.26. The van der Waals surface area contributed by atoms with Crippen molar-refractivity contribution in [3.05, 3.63) is 23.2 Å². The minimum absolute atomic E-state index is 0. The summed E-state index contributed by atoms with van der Waals surface area (Å²) in [5.41, 5.74) is 0. The molecule has 0 saturated carbocycles. The standard InChI is InChI=1S/C13H17ClF2N2O3S.ClH/c1-8-6-18(7-9(2)17-8)22(19,20)10-3-4-12(11(14)5-10)21-13(15)16;/h3-5,8-9,13,17H,6-7H2,1-2H3;1H. The Bertz CT molecular complexity index is 636.